The molecule has 1 aliphatic rings. The zero-order valence-corrected chi connectivity index (χ0v) is 14.2. The maximum atomic E-state index is 3.64. The number of rotatable bonds is 6. The molecule has 0 aromatic rings. The van der Waals surface area contributed by atoms with E-state index in [1.54, 1.807) is 0 Å². The topological polar surface area (TPSA) is 18.5 Å². The fourth-order valence-electron chi connectivity index (χ4n) is 3.19. The molecule has 0 spiro atoms. The standard InChI is InChI=1S/C16H35N3/c1-15(2,3)17-10-14-8-9-19(11-14)13-16(4,5)12-18(6)7/h14,17H,8-13H2,1-7H3. The Bertz CT molecular complexity index is 266. The minimum Gasteiger partial charge on any atom is -0.312 e. The molecule has 1 saturated heterocycles. The molecule has 0 aromatic carbocycles. The highest BCUT2D eigenvalue weighted by atomic mass is 15.2. The number of likely N-dealkylation sites (tertiary alicyclic amines) is 1. The number of nitrogens with one attached hydrogen (secondary N) is 1. The van der Waals surface area contributed by atoms with Crippen LogP contribution in [0.25, 0.3) is 0 Å². The van der Waals surface area contributed by atoms with Crippen molar-refractivity contribution in [1.29, 1.82) is 0 Å². The minimum absolute atomic E-state index is 0.248. The van der Waals surface area contributed by atoms with Gasteiger partial charge < -0.3 is 15.1 Å². The highest BCUT2D eigenvalue weighted by molar-refractivity contribution is 4.84. The molecule has 3 heteroatoms. The summed E-state index contributed by atoms with van der Waals surface area (Å²) in [7, 11) is 4.34. The van der Waals surface area contributed by atoms with Crippen LogP contribution in [0.4, 0.5) is 0 Å². The van der Waals surface area contributed by atoms with Crippen molar-refractivity contribution in [2.45, 2.75) is 46.6 Å². The molecule has 1 fully saturated rings. The second kappa shape index (κ2) is 6.55. The third-order valence-corrected chi connectivity index (χ3v) is 3.69. The number of nitrogens with zero attached hydrogens (tertiary/aromatic N) is 2. The molecule has 1 N–H and O–H groups in total. The first-order chi connectivity index (χ1) is 8.57. The van der Waals surface area contributed by atoms with E-state index in [0.717, 1.165) is 19.0 Å². The second-order valence-corrected chi connectivity index (χ2v) is 8.42. The van der Waals surface area contributed by atoms with E-state index in [9.17, 15) is 0 Å². The molecule has 3 nitrogen and oxygen atoms in total. The van der Waals surface area contributed by atoms with Crippen molar-refractivity contribution in [3.63, 3.8) is 0 Å². The normalized spacial score (nSPS) is 22.4. The minimum atomic E-state index is 0.248. The zero-order chi connectivity index (χ0) is 14.7. The van der Waals surface area contributed by atoms with Crippen LogP contribution >= 0.6 is 0 Å². The first kappa shape index (κ1) is 16.9. The number of hydrogen-bond donors (Lipinski definition) is 1. The van der Waals surface area contributed by atoms with Gasteiger partial charge in [0, 0.05) is 25.2 Å². The summed E-state index contributed by atoms with van der Waals surface area (Å²) in [5.74, 6) is 0.828. The molecule has 0 saturated carbocycles. The van der Waals surface area contributed by atoms with Gasteiger partial charge in [0.1, 0.15) is 0 Å². The molecule has 1 atom stereocenters. The van der Waals surface area contributed by atoms with Gasteiger partial charge in [-0.25, -0.2) is 0 Å². The van der Waals surface area contributed by atoms with Gasteiger partial charge in [-0.15, -0.1) is 0 Å². The first-order valence-corrected chi connectivity index (χ1v) is 7.69. The van der Waals surface area contributed by atoms with Gasteiger partial charge in [0.2, 0.25) is 0 Å². The summed E-state index contributed by atoms with van der Waals surface area (Å²) in [5.41, 5.74) is 0.632. The molecule has 0 aromatic heterocycles. The van der Waals surface area contributed by atoms with Crippen LogP contribution in [0.15, 0.2) is 0 Å². The Morgan fingerprint density at radius 3 is 2.32 bits per heavy atom. The van der Waals surface area contributed by atoms with Gasteiger partial charge in [0.15, 0.2) is 0 Å². The van der Waals surface area contributed by atoms with Crippen molar-refractivity contribution in [2.75, 3.05) is 46.8 Å². The highest BCUT2D eigenvalue weighted by Crippen LogP contribution is 2.23. The Balaban J connectivity index is 2.32. The average Bonchev–Trinajstić information content (AvgIpc) is 2.58. The van der Waals surface area contributed by atoms with E-state index >= 15 is 0 Å². The first-order valence-electron chi connectivity index (χ1n) is 7.69. The molecule has 114 valence electrons. The largest absolute Gasteiger partial charge is 0.312 e. The van der Waals surface area contributed by atoms with Crippen LogP contribution in [0.3, 0.4) is 0 Å². The molecule has 1 unspecified atom stereocenters. The lowest BCUT2D eigenvalue weighted by Gasteiger charge is -2.32. The van der Waals surface area contributed by atoms with Crippen LogP contribution in [0.2, 0.25) is 0 Å². The molecule has 1 heterocycles. The van der Waals surface area contributed by atoms with Gasteiger partial charge in [-0.3, -0.25) is 0 Å². The van der Waals surface area contributed by atoms with E-state index < -0.39 is 0 Å². The maximum absolute atomic E-state index is 3.64. The Hall–Kier alpha value is -0.120. The lowest BCUT2D eigenvalue weighted by molar-refractivity contribution is 0.160. The lowest BCUT2D eigenvalue weighted by atomic mass is 9.92. The second-order valence-electron chi connectivity index (χ2n) is 8.42. The van der Waals surface area contributed by atoms with E-state index in [4.69, 9.17) is 0 Å². The van der Waals surface area contributed by atoms with E-state index in [0.29, 0.717) is 5.41 Å². The quantitative estimate of drug-likeness (QED) is 0.798. The molecule has 0 bridgehead atoms. The predicted octanol–water partition coefficient (Wildman–Crippen LogP) is 2.28. The van der Waals surface area contributed by atoms with Crippen molar-refractivity contribution < 1.29 is 0 Å². The van der Waals surface area contributed by atoms with Crippen LogP contribution in [0.1, 0.15) is 41.0 Å². The van der Waals surface area contributed by atoms with Crippen molar-refractivity contribution in [2.24, 2.45) is 11.3 Å². The Morgan fingerprint density at radius 2 is 1.79 bits per heavy atom. The SMILES string of the molecule is CN(C)CC(C)(C)CN1CCC(CNC(C)(C)C)C1. The molecule has 19 heavy (non-hydrogen) atoms. The van der Waals surface area contributed by atoms with Gasteiger partial charge in [-0.2, -0.15) is 0 Å². The summed E-state index contributed by atoms with van der Waals surface area (Å²) in [5, 5.41) is 3.64. The molecular weight excluding hydrogens is 234 g/mol. The summed E-state index contributed by atoms with van der Waals surface area (Å²) in [6.07, 6.45) is 1.35. The van der Waals surface area contributed by atoms with E-state index in [-0.39, 0.29) is 5.54 Å². The molecular formula is C16H35N3. The Morgan fingerprint density at radius 1 is 1.16 bits per heavy atom. The predicted molar refractivity (Wildman–Crippen MR) is 84.6 cm³/mol. The highest BCUT2D eigenvalue weighted by Gasteiger charge is 2.28. The van der Waals surface area contributed by atoms with Crippen LogP contribution in [0, 0.1) is 11.3 Å². The summed E-state index contributed by atoms with van der Waals surface area (Å²) < 4.78 is 0. The smallest absolute Gasteiger partial charge is 0.00966 e. The van der Waals surface area contributed by atoms with Crippen molar-refractivity contribution in [3.05, 3.63) is 0 Å². The van der Waals surface area contributed by atoms with Crippen LogP contribution in [-0.4, -0.2) is 62.2 Å². The van der Waals surface area contributed by atoms with Gasteiger partial charge in [0.25, 0.3) is 0 Å². The summed E-state index contributed by atoms with van der Waals surface area (Å²) in [4.78, 5) is 4.95. The fourth-order valence-corrected chi connectivity index (χ4v) is 3.19. The maximum Gasteiger partial charge on any atom is 0.00966 e. The molecule has 0 amide bonds. The molecule has 1 aliphatic heterocycles. The van der Waals surface area contributed by atoms with Crippen LogP contribution in [0.5, 0.6) is 0 Å². The molecule has 0 radical (unpaired) electrons. The lowest BCUT2D eigenvalue weighted by Crippen LogP contribution is -2.41. The summed E-state index contributed by atoms with van der Waals surface area (Å²) >= 11 is 0. The molecule has 0 aliphatic carbocycles. The summed E-state index contributed by atoms with van der Waals surface area (Å²) in [6.45, 7) is 17.6. The van der Waals surface area contributed by atoms with E-state index in [1.165, 1.54) is 26.1 Å². The summed E-state index contributed by atoms with van der Waals surface area (Å²) in [6, 6.07) is 0. The van der Waals surface area contributed by atoms with Gasteiger partial charge in [0.05, 0.1) is 0 Å². The van der Waals surface area contributed by atoms with Crippen molar-refractivity contribution in [3.8, 4) is 0 Å². The molecule has 1 rings (SSSR count). The zero-order valence-electron chi connectivity index (χ0n) is 14.2. The van der Waals surface area contributed by atoms with Crippen LogP contribution in [-0.2, 0) is 0 Å². The monoisotopic (exact) mass is 269 g/mol. The Kier molecular flexibility index (Phi) is 5.84. The third-order valence-electron chi connectivity index (χ3n) is 3.69. The Labute approximate surface area is 120 Å². The van der Waals surface area contributed by atoms with Crippen molar-refractivity contribution in [1.82, 2.24) is 15.1 Å². The third kappa shape index (κ3) is 7.28. The number of hydrogen-bond acceptors (Lipinski definition) is 3. The van der Waals surface area contributed by atoms with Gasteiger partial charge >= 0.3 is 0 Å². The van der Waals surface area contributed by atoms with Gasteiger partial charge in [-0.05, 0) is 65.7 Å². The van der Waals surface area contributed by atoms with E-state index in [1.807, 2.05) is 0 Å². The van der Waals surface area contributed by atoms with E-state index in [2.05, 4.69) is 63.8 Å². The van der Waals surface area contributed by atoms with Crippen molar-refractivity contribution >= 4 is 0 Å². The fraction of sp³-hybridized carbons (Fsp3) is 1.00. The average molecular weight is 269 g/mol. The van der Waals surface area contributed by atoms with Crippen LogP contribution < -0.4 is 5.32 Å². The van der Waals surface area contributed by atoms with Gasteiger partial charge in [-0.1, -0.05) is 13.8 Å².